The maximum Gasteiger partial charge on any atom is 0.228 e. The standard InChI is InChI=1S/C10H15N3O2/c1-15-9-4-5-11-10(12-9)13(6-7-14)8-2-3-8/h4-5,8,14H,2-3,6-7H2,1H3. The van der Waals surface area contributed by atoms with Crippen molar-refractivity contribution in [2.75, 3.05) is 25.2 Å². The highest BCUT2D eigenvalue weighted by Crippen LogP contribution is 2.29. The zero-order valence-electron chi connectivity index (χ0n) is 8.76. The number of aromatic nitrogens is 2. The molecule has 1 saturated carbocycles. The summed E-state index contributed by atoms with van der Waals surface area (Å²) in [6.45, 7) is 0.703. The zero-order chi connectivity index (χ0) is 10.7. The van der Waals surface area contributed by atoms with Crippen LogP contribution in [0.3, 0.4) is 0 Å². The predicted octanol–water partition coefficient (Wildman–Crippen LogP) is 0.446. The molecule has 0 unspecified atom stereocenters. The molecule has 1 N–H and O–H groups in total. The van der Waals surface area contributed by atoms with Crippen molar-refractivity contribution in [2.45, 2.75) is 18.9 Å². The van der Waals surface area contributed by atoms with Gasteiger partial charge in [0.15, 0.2) is 0 Å². The van der Waals surface area contributed by atoms with Crippen molar-refractivity contribution in [3.05, 3.63) is 12.3 Å². The lowest BCUT2D eigenvalue weighted by molar-refractivity contribution is 0.300. The molecule has 1 aliphatic rings. The molecule has 0 aliphatic heterocycles. The first-order valence-electron chi connectivity index (χ1n) is 5.09. The molecule has 0 radical (unpaired) electrons. The van der Waals surface area contributed by atoms with E-state index in [2.05, 4.69) is 9.97 Å². The van der Waals surface area contributed by atoms with E-state index in [0.29, 0.717) is 24.4 Å². The molecule has 5 heteroatoms. The summed E-state index contributed by atoms with van der Waals surface area (Å²) in [7, 11) is 1.58. The fourth-order valence-corrected chi connectivity index (χ4v) is 1.52. The van der Waals surface area contributed by atoms with Crippen molar-refractivity contribution in [1.82, 2.24) is 9.97 Å². The van der Waals surface area contributed by atoms with Crippen LogP contribution in [0.5, 0.6) is 5.88 Å². The van der Waals surface area contributed by atoms with E-state index in [1.54, 1.807) is 19.4 Å². The van der Waals surface area contributed by atoms with Crippen molar-refractivity contribution in [1.29, 1.82) is 0 Å². The molecule has 1 aromatic heterocycles. The molecule has 15 heavy (non-hydrogen) atoms. The average molecular weight is 209 g/mol. The first-order valence-corrected chi connectivity index (χ1v) is 5.09. The van der Waals surface area contributed by atoms with Gasteiger partial charge in [-0.2, -0.15) is 4.98 Å². The number of hydrogen-bond donors (Lipinski definition) is 1. The zero-order valence-corrected chi connectivity index (χ0v) is 8.76. The molecule has 0 aromatic carbocycles. The minimum absolute atomic E-state index is 0.122. The van der Waals surface area contributed by atoms with Crippen LogP contribution in [0.15, 0.2) is 12.3 Å². The van der Waals surface area contributed by atoms with E-state index in [4.69, 9.17) is 9.84 Å². The van der Waals surface area contributed by atoms with E-state index < -0.39 is 0 Å². The summed E-state index contributed by atoms with van der Waals surface area (Å²) in [5, 5.41) is 8.97. The number of rotatable bonds is 5. The van der Waals surface area contributed by atoms with E-state index in [0.717, 1.165) is 12.8 Å². The molecule has 1 aliphatic carbocycles. The normalized spacial score (nSPS) is 15.1. The van der Waals surface area contributed by atoms with Gasteiger partial charge >= 0.3 is 0 Å². The van der Waals surface area contributed by atoms with Crippen LogP contribution in [0.4, 0.5) is 5.95 Å². The third-order valence-electron chi connectivity index (χ3n) is 2.41. The molecule has 5 nitrogen and oxygen atoms in total. The Balaban J connectivity index is 2.16. The first kappa shape index (κ1) is 10.2. The molecule has 1 fully saturated rings. The lowest BCUT2D eigenvalue weighted by atomic mass is 10.5. The molecule has 0 atom stereocenters. The van der Waals surface area contributed by atoms with Crippen LogP contribution in [-0.4, -0.2) is 41.4 Å². The van der Waals surface area contributed by atoms with Gasteiger partial charge in [0.25, 0.3) is 0 Å². The van der Waals surface area contributed by atoms with Gasteiger partial charge in [-0.05, 0) is 12.8 Å². The lowest BCUT2D eigenvalue weighted by Gasteiger charge is -2.20. The second kappa shape index (κ2) is 4.44. The third kappa shape index (κ3) is 2.36. The molecule has 2 rings (SSSR count). The van der Waals surface area contributed by atoms with Gasteiger partial charge in [-0.25, -0.2) is 4.98 Å². The number of aliphatic hydroxyl groups excluding tert-OH is 1. The van der Waals surface area contributed by atoms with Gasteiger partial charge in [0.1, 0.15) is 0 Å². The van der Waals surface area contributed by atoms with Crippen molar-refractivity contribution in [2.24, 2.45) is 0 Å². The minimum Gasteiger partial charge on any atom is -0.481 e. The van der Waals surface area contributed by atoms with E-state index in [9.17, 15) is 0 Å². The fourth-order valence-electron chi connectivity index (χ4n) is 1.52. The Morgan fingerprint density at radius 1 is 1.60 bits per heavy atom. The van der Waals surface area contributed by atoms with Gasteiger partial charge in [0.05, 0.1) is 13.7 Å². The van der Waals surface area contributed by atoms with Crippen LogP contribution in [0, 0.1) is 0 Å². The highest BCUT2D eigenvalue weighted by atomic mass is 16.5. The van der Waals surface area contributed by atoms with Crippen molar-refractivity contribution in [3.63, 3.8) is 0 Å². The molecule has 0 spiro atoms. The van der Waals surface area contributed by atoms with Gasteiger partial charge in [0, 0.05) is 24.8 Å². The summed E-state index contributed by atoms with van der Waals surface area (Å²) in [6.07, 6.45) is 3.98. The van der Waals surface area contributed by atoms with E-state index in [-0.39, 0.29) is 6.61 Å². The largest absolute Gasteiger partial charge is 0.481 e. The van der Waals surface area contributed by atoms with Crippen LogP contribution < -0.4 is 9.64 Å². The van der Waals surface area contributed by atoms with Crippen LogP contribution in [0.25, 0.3) is 0 Å². The van der Waals surface area contributed by atoms with Gasteiger partial charge in [0.2, 0.25) is 11.8 Å². The topological polar surface area (TPSA) is 58.5 Å². The molecular formula is C10H15N3O2. The van der Waals surface area contributed by atoms with E-state index in [1.807, 2.05) is 4.90 Å². The number of hydrogen-bond acceptors (Lipinski definition) is 5. The monoisotopic (exact) mass is 209 g/mol. The highest BCUT2D eigenvalue weighted by molar-refractivity contribution is 5.35. The molecule has 1 aromatic rings. The van der Waals surface area contributed by atoms with Gasteiger partial charge < -0.3 is 14.7 Å². The molecular weight excluding hydrogens is 194 g/mol. The predicted molar refractivity (Wildman–Crippen MR) is 56.0 cm³/mol. The molecule has 82 valence electrons. The maximum absolute atomic E-state index is 8.97. The Bertz CT molecular complexity index is 328. The van der Waals surface area contributed by atoms with Crippen molar-refractivity contribution >= 4 is 5.95 Å². The number of ether oxygens (including phenoxy) is 1. The van der Waals surface area contributed by atoms with Gasteiger partial charge in [-0.1, -0.05) is 0 Å². The number of methoxy groups -OCH3 is 1. The number of aliphatic hydroxyl groups is 1. The summed E-state index contributed by atoms with van der Waals surface area (Å²) in [5.41, 5.74) is 0. The van der Waals surface area contributed by atoms with Gasteiger partial charge in [-0.15, -0.1) is 0 Å². The Hall–Kier alpha value is -1.36. The van der Waals surface area contributed by atoms with Crippen LogP contribution in [0.1, 0.15) is 12.8 Å². The second-order valence-corrected chi connectivity index (χ2v) is 3.55. The maximum atomic E-state index is 8.97. The van der Waals surface area contributed by atoms with Gasteiger partial charge in [-0.3, -0.25) is 0 Å². The summed E-state index contributed by atoms with van der Waals surface area (Å²) in [4.78, 5) is 10.5. The number of nitrogens with zero attached hydrogens (tertiary/aromatic N) is 3. The van der Waals surface area contributed by atoms with Crippen molar-refractivity contribution < 1.29 is 9.84 Å². The third-order valence-corrected chi connectivity index (χ3v) is 2.41. The Labute approximate surface area is 88.7 Å². The van der Waals surface area contributed by atoms with Crippen molar-refractivity contribution in [3.8, 4) is 5.88 Å². The molecule has 0 bridgehead atoms. The molecule has 0 amide bonds. The van der Waals surface area contributed by atoms with Crippen LogP contribution in [0.2, 0.25) is 0 Å². The Morgan fingerprint density at radius 3 is 3.00 bits per heavy atom. The Morgan fingerprint density at radius 2 is 2.40 bits per heavy atom. The lowest BCUT2D eigenvalue weighted by Crippen LogP contribution is -2.30. The van der Waals surface area contributed by atoms with Crippen LogP contribution in [-0.2, 0) is 0 Å². The SMILES string of the molecule is COc1ccnc(N(CCO)C2CC2)n1. The van der Waals surface area contributed by atoms with Crippen LogP contribution >= 0.6 is 0 Å². The summed E-state index contributed by atoms with van der Waals surface area (Å²) >= 11 is 0. The second-order valence-electron chi connectivity index (χ2n) is 3.55. The summed E-state index contributed by atoms with van der Waals surface area (Å²) in [5.74, 6) is 1.20. The quantitative estimate of drug-likeness (QED) is 0.762. The molecule has 0 saturated heterocycles. The minimum atomic E-state index is 0.122. The first-order chi connectivity index (χ1) is 7.35. The Kier molecular flexibility index (Phi) is 3.01. The van der Waals surface area contributed by atoms with E-state index in [1.165, 1.54) is 0 Å². The summed E-state index contributed by atoms with van der Waals surface area (Å²) < 4.78 is 5.04. The number of anilines is 1. The highest BCUT2D eigenvalue weighted by Gasteiger charge is 2.30. The smallest absolute Gasteiger partial charge is 0.228 e. The summed E-state index contributed by atoms with van der Waals surface area (Å²) in [6, 6.07) is 2.21. The average Bonchev–Trinajstić information content (AvgIpc) is 3.10. The molecule has 1 heterocycles. The fraction of sp³-hybridized carbons (Fsp3) is 0.600. The van der Waals surface area contributed by atoms with E-state index >= 15 is 0 Å².